The summed E-state index contributed by atoms with van der Waals surface area (Å²) in [5.41, 5.74) is 7.03. The number of nitrogens with one attached hydrogen (secondary N) is 1. The molecule has 3 N–H and O–H groups in total. The van der Waals surface area contributed by atoms with E-state index in [0.29, 0.717) is 38.0 Å². The molecule has 0 fully saturated rings. The molecule has 0 saturated heterocycles. The lowest BCUT2D eigenvalue weighted by Gasteiger charge is -2.28. The van der Waals surface area contributed by atoms with Crippen molar-refractivity contribution in [2.24, 2.45) is 22.6 Å². The van der Waals surface area contributed by atoms with Crippen LogP contribution in [0.4, 0.5) is 4.79 Å². The molecular weight excluding hydrogens is 508 g/mol. The molecule has 2 aromatic rings. The van der Waals surface area contributed by atoms with Gasteiger partial charge in [-0.2, -0.15) is 0 Å². The molecule has 1 heterocycles. The third kappa shape index (κ3) is 7.61. The van der Waals surface area contributed by atoms with Crippen molar-refractivity contribution < 1.29 is 23.9 Å². The molecule has 0 bridgehead atoms. The molecule has 9 heteroatoms. The maximum atomic E-state index is 13.7. The summed E-state index contributed by atoms with van der Waals surface area (Å²) >= 11 is 0. The Kier molecular flexibility index (Phi) is 10.7. The van der Waals surface area contributed by atoms with Gasteiger partial charge in [-0.1, -0.05) is 63.2 Å². The average molecular weight is 551 g/mol. The van der Waals surface area contributed by atoms with E-state index < -0.39 is 17.7 Å². The Labute approximate surface area is 237 Å². The maximum Gasteiger partial charge on any atom is 0.407 e. The van der Waals surface area contributed by atoms with Crippen LogP contribution in [-0.2, 0) is 26.3 Å². The summed E-state index contributed by atoms with van der Waals surface area (Å²) in [4.78, 5) is 45.1. The van der Waals surface area contributed by atoms with Gasteiger partial charge in [0.15, 0.2) is 17.3 Å². The van der Waals surface area contributed by atoms with Crippen molar-refractivity contribution in [3.05, 3.63) is 65.7 Å². The number of carbonyl (C=O) groups is 3. The first-order valence-electron chi connectivity index (χ1n) is 13.8. The van der Waals surface area contributed by atoms with Gasteiger partial charge >= 0.3 is 6.09 Å². The zero-order valence-corrected chi connectivity index (χ0v) is 24.2. The Hall–Kier alpha value is -3.88. The van der Waals surface area contributed by atoms with Gasteiger partial charge in [0.1, 0.15) is 5.75 Å². The summed E-state index contributed by atoms with van der Waals surface area (Å²) in [6, 6.07) is 16.3. The SMILES string of the molecule is COC(=O)N[C@@H](Cc1ccc(OC)cc1)C(=O)C[C@@H](C)CCCN1C(=O)[C@@](CC(C)C)(c2ccccc2)N=C1N. The highest BCUT2D eigenvalue weighted by Crippen LogP contribution is 2.38. The van der Waals surface area contributed by atoms with Gasteiger partial charge in [0.2, 0.25) is 0 Å². The van der Waals surface area contributed by atoms with Crippen LogP contribution in [0.3, 0.4) is 0 Å². The Balaban J connectivity index is 1.60. The molecule has 40 heavy (non-hydrogen) atoms. The molecule has 3 atom stereocenters. The quantitative estimate of drug-likeness (QED) is 0.359. The van der Waals surface area contributed by atoms with E-state index in [1.807, 2.05) is 61.5 Å². The molecule has 0 unspecified atom stereocenters. The third-order valence-corrected chi connectivity index (χ3v) is 7.23. The summed E-state index contributed by atoms with van der Waals surface area (Å²) < 4.78 is 9.94. The number of aliphatic imine (C=N–C) groups is 1. The standard InChI is InChI=1S/C31H42N4O5/c1-21(2)20-31(24-11-7-6-8-12-24)28(37)35(29(32)34-31)17-9-10-22(3)18-27(36)26(33-30(38)40-5)19-23-13-15-25(39-4)16-14-23/h6-8,11-16,21-22,26H,9-10,17-20H2,1-5H3,(H2,32,34)(H,33,38)/t22-,26-,31+/m0/s1. The van der Waals surface area contributed by atoms with Crippen molar-refractivity contribution in [1.29, 1.82) is 0 Å². The molecule has 2 aromatic carbocycles. The summed E-state index contributed by atoms with van der Waals surface area (Å²) in [7, 11) is 2.86. The van der Waals surface area contributed by atoms with Crippen LogP contribution < -0.4 is 15.8 Å². The molecule has 0 radical (unpaired) electrons. The number of nitrogens with two attached hydrogens (primary N) is 1. The van der Waals surface area contributed by atoms with Crippen LogP contribution in [0.25, 0.3) is 0 Å². The van der Waals surface area contributed by atoms with Crippen LogP contribution in [-0.4, -0.2) is 55.4 Å². The van der Waals surface area contributed by atoms with E-state index in [1.165, 1.54) is 7.11 Å². The highest BCUT2D eigenvalue weighted by atomic mass is 16.5. The summed E-state index contributed by atoms with van der Waals surface area (Å²) in [5, 5.41) is 2.67. The molecule has 0 aromatic heterocycles. The number of amides is 2. The van der Waals surface area contributed by atoms with E-state index in [2.05, 4.69) is 19.2 Å². The number of hydrogen-bond donors (Lipinski definition) is 2. The first-order valence-corrected chi connectivity index (χ1v) is 13.8. The van der Waals surface area contributed by atoms with E-state index in [9.17, 15) is 14.4 Å². The van der Waals surface area contributed by atoms with Crippen LogP contribution in [0, 0.1) is 11.8 Å². The minimum Gasteiger partial charge on any atom is -0.497 e. The Morgan fingerprint density at radius 3 is 2.33 bits per heavy atom. The van der Waals surface area contributed by atoms with Crippen LogP contribution in [0.15, 0.2) is 59.6 Å². The van der Waals surface area contributed by atoms with Crippen LogP contribution in [0.1, 0.15) is 57.6 Å². The van der Waals surface area contributed by atoms with Gasteiger partial charge in [0.05, 0.1) is 20.3 Å². The molecule has 9 nitrogen and oxygen atoms in total. The number of alkyl carbamates (subject to hydrolysis) is 1. The lowest BCUT2D eigenvalue weighted by atomic mass is 9.82. The average Bonchev–Trinajstić information content (AvgIpc) is 3.17. The molecular formula is C31H42N4O5. The second kappa shape index (κ2) is 14.0. The van der Waals surface area contributed by atoms with Gasteiger partial charge in [0, 0.05) is 13.0 Å². The van der Waals surface area contributed by atoms with Crippen LogP contribution in [0.5, 0.6) is 5.75 Å². The molecule has 0 saturated carbocycles. The zero-order valence-electron chi connectivity index (χ0n) is 24.2. The van der Waals surface area contributed by atoms with Crippen molar-refractivity contribution in [1.82, 2.24) is 10.2 Å². The second-order valence-electron chi connectivity index (χ2n) is 10.9. The van der Waals surface area contributed by atoms with Gasteiger partial charge < -0.3 is 20.5 Å². The summed E-state index contributed by atoms with van der Waals surface area (Å²) in [6.07, 6.45) is 1.92. The highest BCUT2D eigenvalue weighted by Gasteiger charge is 2.49. The molecule has 1 aliphatic rings. The van der Waals surface area contributed by atoms with Gasteiger partial charge in [-0.15, -0.1) is 0 Å². The van der Waals surface area contributed by atoms with E-state index in [1.54, 1.807) is 12.0 Å². The summed E-state index contributed by atoms with van der Waals surface area (Å²) in [5.74, 6) is 1.06. The van der Waals surface area contributed by atoms with E-state index in [4.69, 9.17) is 20.2 Å². The van der Waals surface area contributed by atoms with Gasteiger partial charge in [-0.05, 0) is 60.8 Å². The minimum absolute atomic E-state index is 0.0377. The van der Waals surface area contributed by atoms with Gasteiger partial charge in [-0.3, -0.25) is 14.5 Å². The van der Waals surface area contributed by atoms with E-state index in [0.717, 1.165) is 11.1 Å². The molecule has 3 rings (SSSR count). The lowest BCUT2D eigenvalue weighted by molar-refractivity contribution is -0.132. The number of Topliss-reactive ketones (excluding diaryl/α,β-unsaturated/α-hetero) is 1. The van der Waals surface area contributed by atoms with Crippen LogP contribution >= 0.6 is 0 Å². The number of methoxy groups -OCH3 is 2. The monoisotopic (exact) mass is 550 g/mol. The number of rotatable bonds is 14. The number of carbonyl (C=O) groups excluding carboxylic acids is 3. The first-order chi connectivity index (χ1) is 19.1. The van der Waals surface area contributed by atoms with Crippen molar-refractivity contribution in [3.63, 3.8) is 0 Å². The number of hydrogen-bond acceptors (Lipinski definition) is 7. The van der Waals surface area contributed by atoms with Crippen LogP contribution in [0.2, 0.25) is 0 Å². The molecule has 216 valence electrons. The largest absolute Gasteiger partial charge is 0.497 e. The van der Waals surface area contributed by atoms with Gasteiger partial charge in [-0.25, -0.2) is 9.79 Å². The fourth-order valence-corrected chi connectivity index (χ4v) is 5.22. The van der Waals surface area contributed by atoms with E-state index in [-0.39, 0.29) is 35.9 Å². The topological polar surface area (TPSA) is 123 Å². The lowest BCUT2D eigenvalue weighted by Crippen LogP contribution is -2.44. The zero-order chi connectivity index (χ0) is 29.3. The number of nitrogens with zero attached hydrogens (tertiary/aromatic N) is 2. The number of guanidine groups is 1. The predicted octanol–water partition coefficient (Wildman–Crippen LogP) is 4.44. The Bertz CT molecular complexity index is 1180. The fraction of sp³-hybridized carbons (Fsp3) is 0.484. The Morgan fingerprint density at radius 2 is 1.73 bits per heavy atom. The second-order valence-corrected chi connectivity index (χ2v) is 10.9. The Morgan fingerprint density at radius 1 is 1.05 bits per heavy atom. The molecule has 1 aliphatic heterocycles. The normalized spacial score (nSPS) is 18.3. The number of ketones is 1. The smallest absolute Gasteiger partial charge is 0.407 e. The first kappa shape index (κ1) is 30.7. The molecule has 2 amide bonds. The molecule has 0 aliphatic carbocycles. The van der Waals surface area contributed by atoms with E-state index >= 15 is 0 Å². The number of benzene rings is 2. The fourth-order valence-electron chi connectivity index (χ4n) is 5.22. The third-order valence-electron chi connectivity index (χ3n) is 7.23. The minimum atomic E-state index is -1.00. The van der Waals surface area contributed by atoms with Gasteiger partial charge in [0.25, 0.3) is 5.91 Å². The predicted molar refractivity (Wildman–Crippen MR) is 155 cm³/mol. The summed E-state index contributed by atoms with van der Waals surface area (Å²) in [6.45, 7) is 6.57. The highest BCUT2D eigenvalue weighted by molar-refractivity contribution is 6.07. The molecule has 0 spiro atoms. The van der Waals surface area contributed by atoms with Crippen molar-refractivity contribution >= 4 is 23.7 Å². The van der Waals surface area contributed by atoms with Crippen molar-refractivity contribution in [3.8, 4) is 5.75 Å². The van der Waals surface area contributed by atoms with Crippen molar-refractivity contribution in [2.75, 3.05) is 20.8 Å². The maximum absolute atomic E-state index is 13.7. The van der Waals surface area contributed by atoms with Crippen molar-refractivity contribution in [2.45, 2.75) is 64.5 Å². The number of ether oxygens (including phenoxy) is 2.